The Kier molecular flexibility index (Phi) is 14.0. The van der Waals surface area contributed by atoms with Gasteiger partial charge in [-0.25, -0.2) is 9.78 Å². The molecule has 0 saturated carbocycles. The molecule has 0 radical (unpaired) electrons. The number of carbonyl (C=O) groups is 4. The van der Waals surface area contributed by atoms with Gasteiger partial charge in [-0.3, -0.25) is 14.4 Å². The van der Waals surface area contributed by atoms with E-state index in [0.717, 1.165) is 0 Å². The van der Waals surface area contributed by atoms with Crippen LogP contribution in [-0.2, 0) is 25.6 Å². The maximum absolute atomic E-state index is 13.1. The highest BCUT2D eigenvalue weighted by Gasteiger charge is 2.31. The van der Waals surface area contributed by atoms with Crippen molar-refractivity contribution >= 4 is 35.5 Å². The monoisotopic (exact) mass is 513 g/mol. The van der Waals surface area contributed by atoms with Gasteiger partial charge < -0.3 is 37.5 Å². The molecule has 0 aromatic carbocycles. The Morgan fingerprint density at radius 1 is 1.06 bits per heavy atom. The third-order valence-electron chi connectivity index (χ3n) is 5.38. The summed E-state index contributed by atoms with van der Waals surface area (Å²) in [6.07, 6.45) is 6.84. The van der Waals surface area contributed by atoms with Gasteiger partial charge in [0, 0.05) is 18.3 Å². The highest BCUT2D eigenvalue weighted by Crippen LogP contribution is 2.08. The number of carboxylic acids is 1. The minimum atomic E-state index is -1.14. The standard InChI is InChI=1S/C22H39N7O5S/c1-13(2)18(29-19(30)15(24)10-14-11-25-12-26-14)21(32)27-16(6-4-5-8-23)20(31)28-17(22(33)34)7-9-35-3/h11-13,15-18H,4-10,23-24H2,1-3H3,(H,25,26)(H,27,32)(H,28,31)(H,29,30)(H,33,34). The molecule has 13 heteroatoms. The number of rotatable bonds is 17. The average molecular weight is 514 g/mol. The van der Waals surface area contributed by atoms with Crippen molar-refractivity contribution in [2.45, 2.75) is 70.1 Å². The van der Waals surface area contributed by atoms with E-state index in [9.17, 15) is 24.3 Å². The van der Waals surface area contributed by atoms with Crippen LogP contribution < -0.4 is 27.4 Å². The second-order valence-corrected chi connectivity index (χ2v) is 9.63. The average Bonchev–Trinajstić information content (AvgIpc) is 3.31. The molecule has 12 nitrogen and oxygen atoms in total. The summed E-state index contributed by atoms with van der Waals surface area (Å²) >= 11 is 1.47. The number of H-pyrrole nitrogens is 1. The van der Waals surface area contributed by atoms with Crippen molar-refractivity contribution in [1.82, 2.24) is 25.9 Å². The summed E-state index contributed by atoms with van der Waals surface area (Å²) in [4.78, 5) is 56.9. The maximum atomic E-state index is 13.1. The summed E-state index contributed by atoms with van der Waals surface area (Å²) in [5.41, 5.74) is 12.2. The van der Waals surface area contributed by atoms with Gasteiger partial charge in [-0.2, -0.15) is 11.8 Å². The molecule has 0 saturated heterocycles. The molecule has 4 atom stereocenters. The van der Waals surface area contributed by atoms with Gasteiger partial charge in [-0.1, -0.05) is 13.8 Å². The summed E-state index contributed by atoms with van der Waals surface area (Å²) in [5.74, 6) is -2.53. The number of imidazole rings is 1. The van der Waals surface area contributed by atoms with E-state index in [4.69, 9.17) is 11.5 Å². The fourth-order valence-electron chi connectivity index (χ4n) is 3.31. The molecule has 0 aliphatic carbocycles. The van der Waals surface area contributed by atoms with E-state index in [1.807, 2.05) is 6.26 Å². The van der Waals surface area contributed by atoms with E-state index in [2.05, 4.69) is 25.9 Å². The second-order valence-electron chi connectivity index (χ2n) is 8.64. The van der Waals surface area contributed by atoms with Gasteiger partial charge in [-0.05, 0) is 50.2 Å². The van der Waals surface area contributed by atoms with Crippen LogP contribution in [0, 0.1) is 5.92 Å². The first-order valence-electron chi connectivity index (χ1n) is 11.7. The lowest BCUT2D eigenvalue weighted by molar-refractivity contribution is -0.142. The van der Waals surface area contributed by atoms with Crippen LogP contribution in [0.5, 0.6) is 0 Å². The van der Waals surface area contributed by atoms with Gasteiger partial charge in [0.2, 0.25) is 17.7 Å². The molecule has 1 aromatic heterocycles. The summed E-state index contributed by atoms with van der Waals surface area (Å²) in [6, 6.07) is -3.88. The van der Waals surface area contributed by atoms with E-state index >= 15 is 0 Å². The number of carboxylic acid groups (broad SMARTS) is 1. The summed E-state index contributed by atoms with van der Waals surface area (Å²) in [5, 5.41) is 17.3. The maximum Gasteiger partial charge on any atom is 0.326 e. The number of hydrogen-bond acceptors (Lipinski definition) is 8. The van der Waals surface area contributed by atoms with Crippen molar-refractivity contribution in [2.24, 2.45) is 17.4 Å². The highest BCUT2D eigenvalue weighted by molar-refractivity contribution is 7.98. The van der Waals surface area contributed by atoms with Gasteiger partial charge in [0.05, 0.1) is 12.4 Å². The van der Waals surface area contributed by atoms with E-state index in [1.165, 1.54) is 18.1 Å². The fraction of sp³-hybridized carbons (Fsp3) is 0.682. The Morgan fingerprint density at radius 3 is 2.29 bits per heavy atom. The molecule has 198 valence electrons. The molecule has 9 N–H and O–H groups in total. The first-order chi connectivity index (χ1) is 16.6. The van der Waals surface area contributed by atoms with Gasteiger partial charge in [0.25, 0.3) is 0 Å². The zero-order valence-corrected chi connectivity index (χ0v) is 21.4. The predicted molar refractivity (Wildman–Crippen MR) is 134 cm³/mol. The van der Waals surface area contributed by atoms with Crippen LogP contribution in [0.1, 0.15) is 45.2 Å². The fourth-order valence-corrected chi connectivity index (χ4v) is 3.78. The highest BCUT2D eigenvalue weighted by atomic mass is 32.2. The van der Waals surface area contributed by atoms with Crippen molar-refractivity contribution in [3.63, 3.8) is 0 Å². The normalized spacial score (nSPS) is 14.6. The molecular formula is C22H39N7O5S. The van der Waals surface area contributed by atoms with E-state index < -0.39 is 47.9 Å². The van der Waals surface area contributed by atoms with E-state index in [0.29, 0.717) is 30.8 Å². The number of nitrogens with one attached hydrogen (secondary N) is 4. The number of thioether (sulfide) groups is 1. The zero-order valence-electron chi connectivity index (χ0n) is 20.6. The number of aromatic amines is 1. The predicted octanol–water partition coefficient (Wildman–Crippen LogP) is -0.643. The number of aromatic nitrogens is 2. The molecule has 0 aliphatic rings. The smallest absolute Gasteiger partial charge is 0.326 e. The number of hydrogen-bond donors (Lipinski definition) is 7. The number of carbonyl (C=O) groups excluding carboxylic acids is 3. The Labute approximate surface area is 210 Å². The van der Waals surface area contributed by atoms with Crippen LogP contribution in [0.3, 0.4) is 0 Å². The topological polar surface area (TPSA) is 205 Å². The van der Waals surface area contributed by atoms with Crippen LogP contribution in [0.15, 0.2) is 12.5 Å². The van der Waals surface area contributed by atoms with Crippen molar-refractivity contribution in [3.05, 3.63) is 18.2 Å². The van der Waals surface area contributed by atoms with Crippen LogP contribution in [0.25, 0.3) is 0 Å². The molecule has 0 bridgehead atoms. The number of unbranched alkanes of at least 4 members (excludes halogenated alkanes) is 1. The van der Waals surface area contributed by atoms with Crippen molar-refractivity contribution in [3.8, 4) is 0 Å². The summed E-state index contributed by atoms with van der Waals surface area (Å²) < 4.78 is 0. The molecule has 0 spiro atoms. The Morgan fingerprint density at radius 2 is 1.74 bits per heavy atom. The molecule has 4 unspecified atom stereocenters. The minimum absolute atomic E-state index is 0.217. The third-order valence-corrected chi connectivity index (χ3v) is 6.03. The van der Waals surface area contributed by atoms with Crippen LogP contribution in [-0.4, -0.2) is 81.5 Å². The zero-order chi connectivity index (χ0) is 26.4. The Balaban J connectivity index is 2.88. The molecule has 0 aliphatic heterocycles. The lowest BCUT2D eigenvalue weighted by atomic mass is 10.0. The molecule has 3 amide bonds. The van der Waals surface area contributed by atoms with Gasteiger partial charge in [-0.15, -0.1) is 0 Å². The van der Waals surface area contributed by atoms with Crippen LogP contribution in [0.2, 0.25) is 0 Å². The molecule has 0 fully saturated rings. The van der Waals surface area contributed by atoms with Gasteiger partial charge in [0.1, 0.15) is 18.1 Å². The number of nitrogens with zero attached hydrogens (tertiary/aromatic N) is 1. The molecular weight excluding hydrogens is 474 g/mol. The van der Waals surface area contributed by atoms with Crippen LogP contribution >= 0.6 is 11.8 Å². The largest absolute Gasteiger partial charge is 0.480 e. The quantitative estimate of drug-likeness (QED) is 0.132. The first-order valence-corrected chi connectivity index (χ1v) is 13.1. The van der Waals surface area contributed by atoms with Crippen molar-refractivity contribution in [1.29, 1.82) is 0 Å². The summed E-state index contributed by atoms with van der Waals surface area (Å²) in [6.45, 7) is 3.95. The molecule has 1 aromatic rings. The van der Waals surface area contributed by atoms with Crippen LogP contribution in [0.4, 0.5) is 0 Å². The van der Waals surface area contributed by atoms with Crippen molar-refractivity contribution < 1.29 is 24.3 Å². The Hall–Kier alpha value is -2.64. The molecule has 35 heavy (non-hydrogen) atoms. The lowest BCUT2D eigenvalue weighted by Gasteiger charge is -2.27. The Bertz CT molecular complexity index is 806. The second kappa shape index (κ2) is 16.1. The lowest BCUT2D eigenvalue weighted by Crippen LogP contribution is -2.58. The number of nitrogens with two attached hydrogens (primary N) is 2. The molecule has 1 heterocycles. The van der Waals surface area contributed by atoms with E-state index in [1.54, 1.807) is 20.0 Å². The van der Waals surface area contributed by atoms with Gasteiger partial charge in [0.15, 0.2) is 0 Å². The summed E-state index contributed by atoms with van der Waals surface area (Å²) in [7, 11) is 0. The number of amides is 3. The first kappa shape index (κ1) is 30.4. The van der Waals surface area contributed by atoms with Gasteiger partial charge >= 0.3 is 5.97 Å². The number of aliphatic carboxylic acids is 1. The van der Waals surface area contributed by atoms with E-state index in [-0.39, 0.29) is 25.2 Å². The third kappa shape index (κ3) is 11.1. The minimum Gasteiger partial charge on any atom is -0.480 e. The molecule has 1 rings (SSSR count). The van der Waals surface area contributed by atoms with Crippen molar-refractivity contribution in [2.75, 3.05) is 18.6 Å². The SMILES string of the molecule is CSCCC(NC(=O)C(CCCCN)NC(=O)C(NC(=O)C(N)Cc1cnc[nH]1)C(C)C)C(=O)O.